The number of carbonyl (C=O) groups is 1. The highest BCUT2D eigenvalue weighted by atomic mass is 16.2. The van der Waals surface area contributed by atoms with E-state index in [1.807, 2.05) is 18.9 Å². The molecule has 0 saturated carbocycles. The second-order valence-corrected chi connectivity index (χ2v) is 4.78. The van der Waals surface area contributed by atoms with Crippen LogP contribution in [0.15, 0.2) is 6.20 Å². The second-order valence-electron chi connectivity index (χ2n) is 4.78. The Labute approximate surface area is 102 Å². The van der Waals surface area contributed by atoms with Gasteiger partial charge in [-0.3, -0.25) is 9.48 Å². The summed E-state index contributed by atoms with van der Waals surface area (Å²) in [5, 5.41) is 7.60. The molecule has 1 fully saturated rings. The molecule has 1 aromatic rings. The Morgan fingerprint density at radius 3 is 2.82 bits per heavy atom. The summed E-state index contributed by atoms with van der Waals surface area (Å²) in [6.07, 6.45) is 1.80. The third-order valence-electron chi connectivity index (χ3n) is 3.54. The lowest BCUT2D eigenvalue weighted by molar-refractivity contribution is 0.0602. The highest BCUT2D eigenvalue weighted by Crippen LogP contribution is 2.15. The second kappa shape index (κ2) is 4.49. The molecule has 0 bridgehead atoms. The fourth-order valence-corrected chi connectivity index (χ4v) is 2.31. The summed E-state index contributed by atoms with van der Waals surface area (Å²) < 4.78 is 1.69. The van der Waals surface area contributed by atoms with Crippen molar-refractivity contribution < 1.29 is 4.79 Å². The minimum absolute atomic E-state index is 0.0939. The predicted octanol–water partition coefficient (Wildman–Crippen LogP) is 0.551. The van der Waals surface area contributed by atoms with Crippen LogP contribution in [0.3, 0.4) is 0 Å². The minimum atomic E-state index is 0.0939. The number of rotatable bonds is 1. The van der Waals surface area contributed by atoms with Gasteiger partial charge >= 0.3 is 0 Å². The standard InChI is InChI=1S/C12H20N4O/c1-8-10(3)16(6-5-13-8)12(17)11-7-15(4)14-9(11)2/h7-8,10,13H,5-6H2,1-4H3. The Morgan fingerprint density at radius 1 is 1.53 bits per heavy atom. The van der Waals surface area contributed by atoms with Crippen molar-refractivity contribution in [2.24, 2.45) is 7.05 Å². The Bertz CT molecular complexity index is 426. The normalized spacial score (nSPS) is 25.1. The molecule has 17 heavy (non-hydrogen) atoms. The number of piperazine rings is 1. The molecule has 1 N–H and O–H groups in total. The van der Waals surface area contributed by atoms with Gasteiger partial charge in [0, 0.05) is 38.4 Å². The van der Waals surface area contributed by atoms with Crippen molar-refractivity contribution in [2.75, 3.05) is 13.1 Å². The zero-order valence-electron chi connectivity index (χ0n) is 10.9. The first kappa shape index (κ1) is 12.1. The minimum Gasteiger partial charge on any atom is -0.333 e. The van der Waals surface area contributed by atoms with E-state index in [0.29, 0.717) is 11.6 Å². The van der Waals surface area contributed by atoms with Gasteiger partial charge in [-0.15, -0.1) is 0 Å². The van der Waals surface area contributed by atoms with Gasteiger partial charge in [0.15, 0.2) is 0 Å². The first-order valence-electron chi connectivity index (χ1n) is 6.05. The van der Waals surface area contributed by atoms with Gasteiger partial charge in [0.1, 0.15) is 0 Å². The van der Waals surface area contributed by atoms with Gasteiger partial charge in [-0.05, 0) is 20.8 Å². The van der Waals surface area contributed by atoms with Crippen molar-refractivity contribution in [3.05, 3.63) is 17.5 Å². The molecule has 2 unspecified atom stereocenters. The van der Waals surface area contributed by atoms with Crippen LogP contribution < -0.4 is 5.32 Å². The van der Waals surface area contributed by atoms with E-state index in [1.165, 1.54) is 0 Å². The summed E-state index contributed by atoms with van der Waals surface area (Å²) in [4.78, 5) is 14.4. The predicted molar refractivity (Wildman–Crippen MR) is 65.9 cm³/mol. The Morgan fingerprint density at radius 2 is 2.24 bits per heavy atom. The van der Waals surface area contributed by atoms with Crippen molar-refractivity contribution in [1.29, 1.82) is 0 Å². The molecule has 1 amide bonds. The average molecular weight is 236 g/mol. The van der Waals surface area contributed by atoms with Gasteiger partial charge in [-0.2, -0.15) is 5.10 Å². The average Bonchev–Trinajstić information content (AvgIpc) is 2.61. The van der Waals surface area contributed by atoms with Gasteiger partial charge in [-0.25, -0.2) is 0 Å². The quantitative estimate of drug-likeness (QED) is 0.774. The Kier molecular flexibility index (Phi) is 3.19. The molecule has 0 spiro atoms. The van der Waals surface area contributed by atoms with Gasteiger partial charge < -0.3 is 10.2 Å². The zero-order valence-corrected chi connectivity index (χ0v) is 10.9. The van der Waals surface area contributed by atoms with Gasteiger partial charge in [-0.1, -0.05) is 0 Å². The molecule has 1 saturated heterocycles. The number of nitrogens with one attached hydrogen (secondary N) is 1. The fraction of sp³-hybridized carbons (Fsp3) is 0.667. The Balaban J connectivity index is 2.22. The van der Waals surface area contributed by atoms with Crippen LogP contribution in [0, 0.1) is 6.92 Å². The Hall–Kier alpha value is -1.36. The number of hydrogen-bond donors (Lipinski definition) is 1. The van der Waals surface area contributed by atoms with Crippen LogP contribution in [-0.4, -0.2) is 45.8 Å². The van der Waals surface area contributed by atoms with E-state index in [0.717, 1.165) is 18.8 Å². The van der Waals surface area contributed by atoms with E-state index >= 15 is 0 Å². The molecular weight excluding hydrogens is 216 g/mol. The van der Waals surface area contributed by atoms with Crippen molar-refractivity contribution >= 4 is 5.91 Å². The van der Waals surface area contributed by atoms with Crippen LogP contribution in [0.1, 0.15) is 29.9 Å². The summed E-state index contributed by atoms with van der Waals surface area (Å²) >= 11 is 0. The van der Waals surface area contributed by atoms with Crippen LogP contribution in [0.4, 0.5) is 0 Å². The molecule has 2 rings (SSSR count). The maximum atomic E-state index is 12.4. The maximum absolute atomic E-state index is 12.4. The number of aryl methyl sites for hydroxylation is 2. The lowest BCUT2D eigenvalue weighted by atomic mass is 10.1. The third-order valence-corrected chi connectivity index (χ3v) is 3.54. The number of amides is 1. The number of aromatic nitrogens is 2. The summed E-state index contributed by atoms with van der Waals surface area (Å²) in [7, 11) is 1.84. The van der Waals surface area contributed by atoms with Crippen LogP contribution in [-0.2, 0) is 7.05 Å². The van der Waals surface area contributed by atoms with Gasteiger partial charge in [0.05, 0.1) is 11.3 Å². The van der Waals surface area contributed by atoms with E-state index in [9.17, 15) is 4.79 Å². The van der Waals surface area contributed by atoms with Crippen molar-refractivity contribution in [3.8, 4) is 0 Å². The molecule has 0 aliphatic carbocycles. The summed E-state index contributed by atoms with van der Waals surface area (Å²) in [6.45, 7) is 7.69. The van der Waals surface area contributed by atoms with Crippen molar-refractivity contribution in [3.63, 3.8) is 0 Å². The largest absolute Gasteiger partial charge is 0.333 e. The lowest BCUT2D eigenvalue weighted by Crippen LogP contribution is -2.57. The summed E-state index contributed by atoms with van der Waals surface area (Å²) in [6, 6.07) is 0.556. The molecule has 0 aromatic carbocycles. The number of nitrogens with zero attached hydrogens (tertiary/aromatic N) is 3. The maximum Gasteiger partial charge on any atom is 0.257 e. The smallest absolute Gasteiger partial charge is 0.257 e. The van der Waals surface area contributed by atoms with E-state index in [1.54, 1.807) is 10.9 Å². The van der Waals surface area contributed by atoms with Gasteiger partial charge in [0.25, 0.3) is 5.91 Å². The lowest BCUT2D eigenvalue weighted by Gasteiger charge is -2.38. The van der Waals surface area contributed by atoms with E-state index in [2.05, 4.69) is 24.3 Å². The third kappa shape index (κ3) is 2.20. The number of hydrogen-bond acceptors (Lipinski definition) is 3. The fourth-order valence-electron chi connectivity index (χ4n) is 2.31. The molecule has 1 aromatic heterocycles. The first-order valence-corrected chi connectivity index (χ1v) is 6.05. The molecule has 1 aliphatic rings. The molecule has 94 valence electrons. The number of carbonyl (C=O) groups excluding carboxylic acids is 1. The molecular formula is C12H20N4O. The van der Waals surface area contributed by atoms with Crippen LogP contribution in [0.25, 0.3) is 0 Å². The van der Waals surface area contributed by atoms with Gasteiger partial charge in [0.2, 0.25) is 0 Å². The molecule has 2 atom stereocenters. The summed E-state index contributed by atoms with van der Waals surface area (Å²) in [5.41, 5.74) is 1.52. The van der Waals surface area contributed by atoms with E-state index < -0.39 is 0 Å². The topological polar surface area (TPSA) is 50.2 Å². The highest BCUT2D eigenvalue weighted by molar-refractivity contribution is 5.95. The molecule has 5 nitrogen and oxygen atoms in total. The molecule has 0 radical (unpaired) electrons. The molecule has 5 heteroatoms. The van der Waals surface area contributed by atoms with Crippen LogP contribution in [0.5, 0.6) is 0 Å². The molecule has 1 aliphatic heterocycles. The van der Waals surface area contributed by atoms with Crippen molar-refractivity contribution in [2.45, 2.75) is 32.9 Å². The highest BCUT2D eigenvalue weighted by Gasteiger charge is 2.30. The van der Waals surface area contributed by atoms with Crippen LogP contribution >= 0.6 is 0 Å². The van der Waals surface area contributed by atoms with E-state index in [-0.39, 0.29) is 11.9 Å². The first-order chi connectivity index (χ1) is 8.00. The monoisotopic (exact) mass is 236 g/mol. The van der Waals surface area contributed by atoms with Crippen molar-refractivity contribution in [1.82, 2.24) is 20.0 Å². The molecule has 2 heterocycles. The SMILES string of the molecule is Cc1nn(C)cc1C(=O)N1CCNC(C)C1C. The van der Waals surface area contributed by atoms with E-state index in [4.69, 9.17) is 0 Å². The van der Waals surface area contributed by atoms with Crippen LogP contribution in [0.2, 0.25) is 0 Å². The summed E-state index contributed by atoms with van der Waals surface area (Å²) in [5.74, 6) is 0.0939. The zero-order chi connectivity index (χ0) is 12.6.